The van der Waals surface area contributed by atoms with Crippen LogP contribution in [0.1, 0.15) is 6.42 Å². The van der Waals surface area contributed by atoms with E-state index in [9.17, 15) is 14.9 Å². The number of hydrogen-bond acceptors (Lipinski definition) is 3. The standard InChI is InChI=1S/C11H11N3O3/c1-2-3-7-12-11(15)13-9-5-4-6-10(8-9)14(16)17/h1,4-6,8H,3,7H2,(H2,12,13,15). The summed E-state index contributed by atoms with van der Waals surface area (Å²) in [7, 11) is 0. The lowest BCUT2D eigenvalue weighted by Crippen LogP contribution is -2.29. The quantitative estimate of drug-likeness (QED) is 0.359. The van der Waals surface area contributed by atoms with Crippen molar-refractivity contribution in [3.8, 4) is 12.3 Å². The lowest BCUT2D eigenvalue weighted by Gasteiger charge is -2.05. The maximum Gasteiger partial charge on any atom is 0.319 e. The van der Waals surface area contributed by atoms with Gasteiger partial charge in [-0.2, -0.15) is 0 Å². The van der Waals surface area contributed by atoms with Gasteiger partial charge in [0, 0.05) is 30.8 Å². The molecule has 0 spiro atoms. The average Bonchev–Trinajstić information content (AvgIpc) is 2.29. The molecule has 6 nitrogen and oxygen atoms in total. The van der Waals surface area contributed by atoms with Crippen molar-refractivity contribution >= 4 is 17.4 Å². The van der Waals surface area contributed by atoms with Gasteiger partial charge in [-0.15, -0.1) is 12.3 Å². The first kappa shape index (κ1) is 12.5. The molecule has 1 aromatic rings. The van der Waals surface area contributed by atoms with E-state index in [1.54, 1.807) is 6.07 Å². The second-order valence-corrected chi connectivity index (χ2v) is 3.14. The number of hydrogen-bond donors (Lipinski definition) is 2. The highest BCUT2D eigenvalue weighted by Crippen LogP contribution is 2.16. The number of non-ortho nitro benzene ring substituents is 1. The molecule has 17 heavy (non-hydrogen) atoms. The van der Waals surface area contributed by atoms with Crippen LogP contribution in [0.2, 0.25) is 0 Å². The summed E-state index contributed by atoms with van der Waals surface area (Å²) in [5, 5.41) is 15.5. The third-order valence-electron chi connectivity index (χ3n) is 1.87. The number of anilines is 1. The molecule has 2 amide bonds. The molecular formula is C11H11N3O3. The Labute approximate surface area is 98.2 Å². The largest absolute Gasteiger partial charge is 0.337 e. The highest BCUT2D eigenvalue weighted by atomic mass is 16.6. The molecule has 1 aromatic carbocycles. The van der Waals surface area contributed by atoms with E-state index in [1.807, 2.05) is 0 Å². The molecule has 0 aromatic heterocycles. The van der Waals surface area contributed by atoms with Crippen molar-refractivity contribution in [2.75, 3.05) is 11.9 Å². The number of terminal acetylenes is 1. The van der Waals surface area contributed by atoms with Crippen LogP contribution in [-0.4, -0.2) is 17.5 Å². The van der Waals surface area contributed by atoms with E-state index in [2.05, 4.69) is 16.6 Å². The minimum absolute atomic E-state index is 0.0774. The molecule has 0 atom stereocenters. The van der Waals surface area contributed by atoms with Gasteiger partial charge in [0.2, 0.25) is 0 Å². The Bertz CT molecular complexity index is 465. The number of rotatable bonds is 4. The third kappa shape index (κ3) is 4.22. The van der Waals surface area contributed by atoms with Crippen LogP contribution in [0.15, 0.2) is 24.3 Å². The fourth-order valence-corrected chi connectivity index (χ4v) is 1.12. The highest BCUT2D eigenvalue weighted by Gasteiger charge is 2.07. The van der Waals surface area contributed by atoms with E-state index in [4.69, 9.17) is 6.42 Å². The minimum Gasteiger partial charge on any atom is -0.337 e. The van der Waals surface area contributed by atoms with E-state index in [1.165, 1.54) is 18.2 Å². The summed E-state index contributed by atoms with van der Waals surface area (Å²) in [6.07, 6.45) is 5.46. The first-order chi connectivity index (χ1) is 8.13. The molecule has 6 heteroatoms. The number of benzene rings is 1. The highest BCUT2D eigenvalue weighted by molar-refractivity contribution is 5.89. The van der Waals surface area contributed by atoms with Gasteiger partial charge in [0.05, 0.1) is 4.92 Å². The summed E-state index contributed by atoms with van der Waals surface area (Å²) >= 11 is 0. The molecule has 0 bridgehead atoms. The zero-order chi connectivity index (χ0) is 12.7. The van der Waals surface area contributed by atoms with Gasteiger partial charge in [0.15, 0.2) is 0 Å². The number of nitrogens with one attached hydrogen (secondary N) is 2. The molecule has 0 saturated carbocycles. The maximum absolute atomic E-state index is 11.3. The fraction of sp³-hybridized carbons (Fsp3) is 0.182. The smallest absolute Gasteiger partial charge is 0.319 e. The van der Waals surface area contributed by atoms with Crippen molar-refractivity contribution in [2.24, 2.45) is 0 Å². The number of nitro groups is 1. The number of carbonyl (C=O) groups excluding carboxylic acids is 1. The lowest BCUT2D eigenvalue weighted by molar-refractivity contribution is -0.384. The first-order valence-corrected chi connectivity index (χ1v) is 4.86. The van der Waals surface area contributed by atoms with Crippen molar-refractivity contribution in [1.29, 1.82) is 0 Å². The van der Waals surface area contributed by atoms with Gasteiger partial charge in [0.25, 0.3) is 5.69 Å². The molecule has 1 rings (SSSR count). The Balaban J connectivity index is 2.57. The topological polar surface area (TPSA) is 84.3 Å². The Hall–Kier alpha value is -2.55. The molecule has 0 aliphatic carbocycles. The molecule has 2 N–H and O–H groups in total. The van der Waals surface area contributed by atoms with Gasteiger partial charge >= 0.3 is 6.03 Å². The maximum atomic E-state index is 11.3. The number of carbonyl (C=O) groups is 1. The van der Waals surface area contributed by atoms with E-state index in [0.717, 1.165) is 0 Å². The van der Waals surface area contributed by atoms with Crippen LogP contribution < -0.4 is 10.6 Å². The van der Waals surface area contributed by atoms with Crippen LogP contribution in [0.3, 0.4) is 0 Å². The fourth-order valence-electron chi connectivity index (χ4n) is 1.12. The molecule has 0 saturated heterocycles. The summed E-state index contributed by atoms with van der Waals surface area (Å²) in [5.74, 6) is 2.38. The van der Waals surface area contributed by atoms with Crippen molar-refractivity contribution in [3.63, 3.8) is 0 Å². The molecule has 88 valence electrons. The van der Waals surface area contributed by atoms with Gasteiger partial charge in [-0.05, 0) is 6.07 Å². The van der Waals surface area contributed by atoms with Gasteiger partial charge in [0.1, 0.15) is 0 Å². The van der Waals surface area contributed by atoms with Crippen LogP contribution in [-0.2, 0) is 0 Å². The summed E-state index contributed by atoms with van der Waals surface area (Å²) < 4.78 is 0. The predicted molar refractivity (Wildman–Crippen MR) is 63.6 cm³/mol. The Kier molecular flexibility index (Phi) is 4.51. The van der Waals surface area contributed by atoms with Crippen LogP contribution in [0.25, 0.3) is 0 Å². The number of nitrogens with zero attached hydrogens (tertiary/aromatic N) is 1. The van der Waals surface area contributed by atoms with Crippen LogP contribution >= 0.6 is 0 Å². The summed E-state index contributed by atoms with van der Waals surface area (Å²) in [5.41, 5.74) is 0.281. The zero-order valence-corrected chi connectivity index (χ0v) is 8.97. The predicted octanol–water partition coefficient (Wildman–Crippen LogP) is 1.74. The van der Waals surface area contributed by atoms with Crippen molar-refractivity contribution in [1.82, 2.24) is 5.32 Å². The van der Waals surface area contributed by atoms with Crippen LogP contribution in [0.4, 0.5) is 16.2 Å². The number of nitro benzene ring substituents is 1. The molecular weight excluding hydrogens is 222 g/mol. The molecule has 0 radical (unpaired) electrons. The summed E-state index contributed by atoms with van der Waals surface area (Å²) in [6, 6.07) is 5.24. The monoisotopic (exact) mass is 233 g/mol. The van der Waals surface area contributed by atoms with E-state index < -0.39 is 11.0 Å². The van der Waals surface area contributed by atoms with Gasteiger partial charge < -0.3 is 10.6 Å². The molecule has 0 heterocycles. The van der Waals surface area contributed by atoms with Crippen LogP contribution in [0.5, 0.6) is 0 Å². The van der Waals surface area contributed by atoms with Crippen molar-refractivity contribution in [3.05, 3.63) is 34.4 Å². The normalized spacial score (nSPS) is 9.12. The Morgan fingerprint density at radius 1 is 1.53 bits per heavy atom. The number of amides is 2. The van der Waals surface area contributed by atoms with E-state index in [-0.39, 0.29) is 5.69 Å². The van der Waals surface area contributed by atoms with Crippen molar-refractivity contribution in [2.45, 2.75) is 6.42 Å². The van der Waals surface area contributed by atoms with Crippen LogP contribution in [0, 0.1) is 22.5 Å². The van der Waals surface area contributed by atoms with E-state index >= 15 is 0 Å². The average molecular weight is 233 g/mol. The zero-order valence-electron chi connectivity index (χ0n) is 8.97. The molecule has 0 aliphatic heterocycles. The summed E-state index contributed by atoms with van der Waals surface area (Å²) in [6.45, 7) is 0.358. The third-order valence-corrected chi connectivity index (χ3v) is 1.87. The minimum atomic E-state index is -0.526. The first-order valence-electron chi connectivity index (χ1n) is 4.86. The molecule has 0 unspecified atom stereocenters. The van der Waals surface area contributed by atoms with Gasteiger partial charge in [-0.25, -0.2) is 4.79 Å². The summed E-state index contributed by atoms with van der Waals surface area (Å²) in [4.78, 5) is 21.3. The van der Waals surface area contributed by atoms with Crippen molar-refractivity contribution < 1.29 is 9.72 Å². The Morgan fingerprint density at radius 2 is 2.29 bits per heavy atom. The molecule has 0 aliphatic rings. The second kappa shape index (κ2) is 6.12. The van der Waals surface area contributed by atoms with E-state index in [0.29, 0.717) is 18.7 Å². The lowest BCUT2D eigenvalue weighted by atomic mass is 10.3. The second-order valence-electron chi connectivity index (χ2n) is 3.14. The SMILES string of the molecule is C#CCCNC(=O)Nc1cccc([N+](=O)[O-])c1. The molecule has 0 fully saturated rings. The Morgan fingerprint density at radius 3 is 2.94 bits per heavy atom. The van der Waals surface area contributed by atoms with Gasteiger partial charge in [-0.1, -0.05) is 6.07 Å². The number of urea groups is 1. The van der Waals surface area contributed by atoms with Gasteiger partial charge in [-0.3, -0.25) is 10.1 Å².